The molecule has 0 fully saturated rings. The first kappa shape index (κ1) is 18.0. The summed E-state index contributed by atoms with van der Waals surface area (Å²) in [5, 5.41) is 32.7. The van der Waals surface area contributed by atoms with Gasteiger partial charge in [0.25, 0.3) is 11.6 Å². The minimum absolute atomic E-state index is 0.0921. The predicted molar refractivity (Wildman–Crippen MR) is 80.0 cm³/mol. The Morgan fingerprint density at radius 2 is 1.86 bits per heavy atom. The van der Waals surface area contributed by atoms with Crippen LogP contribution in [0.1, 0.15) is 11.7 Å². The molecule has 122 valence electrons. The van der Waals surface area contributed by atoms with Crippen molar-refractivity contribution in [1.82, 2.24) is 5.32 Å². The van der Waals surface area contributed by atoms with Crippen LogP contribution in [0.15, 0.2) is 24.3 Å². The fraction of sp³-hybridized carbons (Fsp3) is 0.500. The first-order valence-corrected chi connectivity index (χ1v) is 6.77. The molecule has 1 rings (SSSR count). The van der Waals surface area contributed by atoms with Crippen LogP contribution in [0.4, 0.5) is 5.69 Å². The number of hydrogen-bond acceptors (Lipinski definition) is 5. The number of hydrogen-bond donors (Lipinski definition) is 3. The van der Waals surface area contributed by atoms with Crippen LogP contribution < -0.4 is 5.32 Å². The van der Waals surface area contributed by atoms with Crippen LogP contribution in [-0.4, -0.2) is 65.9 Å². The maximum absolute atomic E-state index is 11.9. The lowest BCUT2D eigenvalue weighted by Crippen LogP contribution is -2.49. The lowest BCUT2D eigenvalue weighted by molar-refractivity contribution is -0.862. The molecule has 0 aromatic heterocycles. The number of likely N-dealkylation sites (N-methyl/N-ethyl adjacent to an activating group) is 1. The molecule has 2 unspecified atom stereocenters. The highest BCUT2D eigenvalue weighted by Crippen LogP contribution is 2.20. The molecule has 22 heavy (non-hydrogen) atoms. The van der Waals surface area contributed by atoms with Gasteiger partial charge in [-0.05, 0) is 17.7 Å². The Balaban J connectivity index is 2.77. The molecular weight excluding hydrogens is 290 g/mol. The normalized spacial score (nSPS) is 14.2. The molecule has 2 atom stereocenters. The number of nitro groups is 1. The van der Waals surface area contributed by atoms with Gasteiger partial charge in [0.1, 0.15) is 6.10 Å². The number of aliphatic hydroxyl groups excluding tert-OH is 2. The highest BCUT2D eigenvalue weighted by molar-refractivity contribution is 5.77. The van der Waals surface area contributed by atoms with Gasteiger partial charge in [-0.15, -0.1) is 0 Å². The number of carbonyl (C=O) groups is 1. The molecule has 0 saturated carbocycles. The van der Waals surface area contributed by atoms with Crippen molar-refractivity contribution in [3.63, 3.8) is 0 Å². The van der Waals surface area contributed by atoms with Crippen LogP contribution in [0.25, 0.3) is 0 Å². The molecule has 0 aliphatic carbocycles. The number of carbonyl (C=O) groups excluding carboxylic acids is 1. The largest absolute Gasteiger partial charge is 0.394 e. The number of rotatable bonds is 7. The maximum atomic E-state index is 11.9. The van der Waals surface area contributed by atoms with Crippen LogP contribution in [0.2, 0.25) is 0 Å². The quantitative estimate of drug-likeness (QED) is 0.367. The second-order valence-electron chi connectivity index (χ2n) is 6.10. The van der Waals surface area contributed by atoms with Gasteiger partial charge in [-0.25, -0.2) is 0 Å². The number of nitro benzene ring substituents is 1. The molecule has 1 aromatic carbocycles. The molecular formula is C14H22N3O5+. The van der Waals surface area contributed by atoms with E-state index in [1.807, 2.05) is 21.1 Å². The first-order chi connectivity index (χ1) is 10.1. The van der Waals surface area contributed by atoms with Gasteiger partial charge in [0, 0.05) is 12.1 Å². The number of benzene rings is 1. The van der Waals surface area contributed by atoms with E-state index in [4.69, 9.17) is 0 Å². The third-order valence-corrected chi connectivity index (χ3v) is 2.99. The van der Waals surface area contributed by atoms with Crippen molar-refractivity contribution in [2.75, 3.05) is 34.3 Å². The van der Waals surface area contributed by atoms with Gasteiger partial charge in [0.05, 0.1) is 38.7 Å². The predicted octanol–water partition coefficient (Wildman–Crippen LogP) is -0.188. The van der Waals surface area contributed by atoms with Crippen molar-refractivity contribution < 1.29 is 24.4 Å². The SMILES string of the molecule is C[N+](C)(C)CC(=O)NC(CO)C(O)c1ccc([N+](=O)[O-])cc1. The van der Waals surface area contributed by atoms with Crippen molar-refractivity contribution >= 4 is 11.6 Å². The zero-order valence-corrected chi connectivity index (χ0v) is 12.9. The first-order valence-electron chi connectivity index (χ1n) is 6.77. The van der Waals surface area contributed by atoms with E-state index in [0.717, 1.165) is 0 Å². The Bertz CT molecular complexity index is 524. The summed E-state index contributed by atoms with van der Waals surface area (Å²) in [5.41, 5.74) is 0.292. The monoisotopic (exact) mass is 312 g/mol. The Labute approximate surface area is 128 Å². The summed E-state index contributed by atoms with van der Waals surface area (Å²) in [6.07, 6.45) is -1.15. The summed E-state index contributed by atoms with van der Waals surface area (Å²) in [4.78, 5) is 21.9. The maximum Gasteiger partial charge on any atom is 0.275 e. The van der Waals surface area contributed by atoms with E-state index < -0.39 is 23.7 Å². The molecule has 0 heterocycles. The number of aliphatic hydroxyl groups is 2. The number of nitrogens with zero attached hydrogens (tertiary/aromatic N) is 2. The number of quaternary nitrogens is 1. The van der Waals surface area contributed by atoms with E-state index >= 15 is 0 Å². The van der Waals surface area contributed by atoms with Gasteiger partial charge in [-0.1, -0.05) is 0 Å². The third-order valence-electron chi connectivity index (χ3n) is 2.99. The summed E-state index contributed by atoms with van der Waals surface area (Å²) >= 11 is 0. The van der Waals surface area contributed by atoms with Crippen LogP contribution >= 0.6 is 0 Å². The fourth-order valence-corrected chi connectivity index (χ4v) is 1.93. The van der Waals surface area contributed by atoms with Crippen LogP contribution in [0.5, 0.6) is 0 Å². The molecule has 1 aromatic rings. The molecule has 1 amide bonds. The van der Waals surface area contributed by atoms with Crippen LogP contribution in [0.3, 0.4) is 0 Å². The van der Waals surface area contributed by atoms with E-state index in [1.54, 1.807) is 0 Å². The second kappa shape index (κ2) is 7.30. The zero-order chi connectivity index (χ0) is 16.9. The van der Waals surface area contributed by atoms with Gasteiger partial charge >= 0.3 is 0 Å². The van der Waals surface area contributed by atoms with Gasteiger partial charge < -0.3 is 20.0 Å². The van der Waals surface area contributed by atoms with E-state index in [9.17, 15) is 25.1 Å². The molecule has 0 bridgehead atoms. The lowest BCUT2D eigenvalue weighted by Gasteiger charge is -2.26. The highest BCUT2D eigenvalue weighted by atomic mass is 16.6. The summed E-state index contributed by atoms with van der Waals surface area (Å²) in [7, 11) is 5.54. The van der Waals surface area contributed by atoms with E-state index in [0.29, 0.717) is 10.0 Å². The molecule has 0 radical (unpaired) electrons. The number of nitrogens with one attached hydrogen (secondary N) is 1. The van der Waals surface area contributed by atoms with Crippen LogP contribution in [0, 0.1) is 10.1 Å². The van der Waals surface area contributed by atoms with Crippen molar-refractivity contribution in [2.24, 2.45) is 0 Å². The summed E-state index contributed by atoms with van der Waals surface area (Å²) in [6, 6.07) is 4.46. The molecule has 0 aliphatic heterocycles. The summed E-state index contributed by atoms with van der Waals surface area (Å²) in [6.45, 7) is -0.246. The lowest BCUT2D eigenvalue weighted by atomic mass is 10.0. The summed E-state index contributed by atoms with van der Waals surface area (Å²) in [5.74, 6) is -0.299. The van der Waals surface area contributed by atoms with E-state index in [-0.39, 0.29) is 18.1 Å². The molecule has 8 heteroatoms. The van der Waals surface area contributed by atoms with Crippen molar-refractivity contribution in [3.8, 4) is 0 Å². The smallest absolute Gasteiger partial charge is 0.275 e. The van der Waals surface area contributed by atoms with Crippen molar-refractivity contribution in [2.45, 2.75) is 12.1 Å². The zero-order valence-electron chi connectivity index (χ0n) is 12.9. The number of non-ortho nitro benzene ring substituents is 1. The highest BCUT2D eigenvalue weighted by Gasteiger charge is 2.25. The van der Waals surface area contributed by atoms with Gasteiger partial charge in [0.15, 0.2) is 6.54 Å². The van der Waals surface area contributed by atoms with E-state index in [2.05, 4.69) is 5.32 Å². The minimum Gasteiger partial charge on any atom is -0.394 e. The minimum atomic E-state index is -1.15. The molecule has 0 spiro atoms. The Morgan fingerprint density at radius 3 is 2.27 bits per heavy atom. The van der Waals surface area contributed by atoms with Gasteiger partial charge in [0.2, 0.25) is 0 Å². The topological polar surface area (TPSA) is 113 Å². The average Bonchev–Trinajstić information content (AvgIpc) is 2.42. The Morgan fingerprint density at radius 1 is 1.32 bits per heavy atom. The standard InChI is InChI=1S/C14H21N3O5/c1-17(2,3)8-13(19)15-12(9-18)14(20)10-4-6-11(7-5-10)16(21)22/h4-7,12,14,18,20H,8-9H2,1-3H3/p+1. The second-order valence-corrected chi connectivity index (χ2v) is 6.10. The van der Waals surface area contributed by atoms with Crippen molar-refractivity contribution in [1.29, 1.82) is 0 Å². The molecule has 8 nitrogen and oxygen atoms in total. The Hall–Kier alpha value is -2.03. The van der Waals surface area contributed by atoms with Gasteiger partial charge in [-0.2, -0.15) is 0 Å². The van der Waals surface area contributed by atoms with Crippen molar-refractivity contribution in [3.05, 3.63) is 39.9 Å². The Kier molecular flexibility index (Phi) is 5.98. The molecule has 0 aliphatic rings. The van der Waals surface area contributed by atoms with E-state index in [1.165, 1.54) is 24.3 Å². The number of amides is 1. The van der Waals surface area contributed by atoms with Crippen LogP contribution in [-0.2, 0) is 4.79 Å². The third kappa shape index (κ3) is 5.40. The average molecular weight is 312 g/mol. The molecule has 3 N–H and O–H groups in total. The fourth-order valence-electron chi connectivity index (χ4n) is 1.93. The molecule has 0 saturated heterocycles. The summed E-state index contributed by atoms with van der Waals surface area (Å²) < 4.78 is 0.414. The van der Waals surface area contributed by atoms with Gasteiger partial charge in [-0.3, -0.25) is 14.9 Å².